The van der Waals surface area contributed by atoms with Crippen molar-refractivity contribution < 1.29 is 9.53 Å². The third-order valence-corrected chi connectivity index (χ3v) is 5.52. The van der Waals surface area contributed by atoms with Crippen molar-refractivity contribution in [3.63, 3.8) is 0 Å². The van der Waals surface area contributed by atoms with Crippen molar-refractivity contribution in [2.75, 3.05) is 5.73 Å². The van der Waals surface area contributed by atoms with Crippen molar-refractivity contribution in [2.24, 2.45) is 0 Å². The number of hydrogen-bond acceptors (Lipinski definition) is 5. The average molecular weight is 411 g/mol. The van der Waals surface area contributed by atoms with Crippen LogP contribution in [0.2, 0.25) is 5.02 Å². The molecule has 7 heteroatoms. The molecular weight excluding hydrogens is 388 g/mol. The first-order chi connectivity index (χ1) is 13.8. The highest BCUT2D eigenvalue weighted by atomic mass is 35.5. The lowest BCUT2D eigenvalue weighted by molar-refractivity contribution is 0.0687. The Kier molecular flexibility index (Phi) is 5.15. The number of amides is 1. The molecule has 150 valence electrons. The molecule has 3 aromatic rings. The molecule has 6 nitrogen and oxygen atoms in total. The number of halogens is 1. The normalized spacial score (nSPS) is 15.7. The molecule has 0 saturated carbocycles. The lowest BCUT2D eigenvalue weighted by Crippen LogP contribution is -2.36. The van der Waals surface area contributed by atoms with E-state index in [0.29, 0.717) is 29.6 Å². The molecular formula is C22H23ClN4O2. The maximum Gasteiger partial charge on any atom is 0.254 e. The topological polar surface area (TPSA) is 81.3 Å². The Morgan fingerprint density at radius 3 is 2.83 bits per heavy atom. The van der Waals surface area contributed by atoms with Crippen molar-refractivity contribution >= 4 is 34.2 Å². The Balaban J connectivity index is 1.71. The van der Waals surface area contributed by atoms with E-state index in [0.717, 1.165) is 27.7 Å². The van der Waals surface area contributed by atoms with Gasteiger partial charge in [-0.05, 0) is 56.7 Å². The van der Waals surface area contributed by atoms with Gasteiger partial charge in [-0.1, -0.05) is 11.6 Å². The van der Waals surface area contributed by atoms with Gasteiger partial charge in [-0.3, -0.25) is 9.78 Å². The quantitative estimate of drug-likeness (QED) is 0.684. The van der Waals surface area contributed by atoms with Crippen LogP contribution < -0.4 is 5.73 Å². The number of pyridine rings is 2. The van der Waals surface area contributed by atoms with E-state index in [1.807, 2.05) is 39.0 Å². The minimum atomic E-state index is -0.0931. The molecule has 3 heterocycles. The Morgan fingerprint density at radius 2 is 2.14 bits per heavy atom. The van der Waals surface area contributed by atoms with E-state index in [4.69, 9.17) is 22.1 Å². The molecule has 1 aliphatic heterocycles. The molecule has 1 aromatic carbocycles. The van der Waals surface area contributed by atoms with Gasteiger partial charge < -0.3 is 15.4 Å². The largest absolute Gasteiger partial charge is 0.383 e. The maximum atomic E-state index is 13.3. The number of benzene rings is 1. The highest BCUT2D eigenvalue weighted by Crippen LogP contribution is 2.38. The van der Waals surface area contributed by atoms with Crippen LogP contribution in [0, 0.1) is 0 Å². The fourth-order valence-corrected chi connectivity index (χ4v) is 3.84. The Bertz CT molecular complexity index is 1080. The number of ether oxygens (including phenoxy) is 1. The summed E-state index contributed by atoms with van der Waals surface area (Å²) < 4.78 is 5.75. The summed E-state index contributed by atoms with van der Waals surface area (Å²) >= 11 is 5.92. The van der Waals surface area contributed by atoms with Crippen LogP contribution >= 0.6 is 11.6 Å². The van der Waals surface area contributed by atoms with Gasteiger partial charge in [-0.25, -0.2) is 4.98 Å². The van der Waals surface area contributed by atoms with Gasteiger partial charge >= 0.3 is 0 Å². The van der Waals surface area contributed by atoms with E-state index in [2.05, 4.69) is 9.97 Å². The molecule has 0 bridgehead atoms. The second-order valence-corrected chi connectivity index (χ2v) is 8.01. The first-order valence-corrected chi connectivity index (χ1v) is 9.98. The van der Waals surface area contributed by atoms with Crippen LogP contribution in [-0.4, -0.2) is 26.8 Å². The van der Waals surface area contributed by atoms with Crippen LogP contribution in [0.15, 0.2) is 36.5 Å². The number of carbonyl (C=O) groups is 1. The van der Waals surface area contributed by atoms with Crippen molar-refractivity contribution in [3.05, 3.63) is 63.9 Å². The number of carbonyl (C=O) groups excluding carboxylic acids is 1. The number of hydrogen-bond donors (Lipinski definition) is 1. The summed E-state index contributed by atoms with van der Waals surface area (Å²) in [5.74, 6) is 0.436. The fraction of sp³-hybridized carbons (Fsp3) is 0.318. The summed E-state index contributed by atoms with van der Waals surface area (Å²) in [6, 6.07) is 9.17. The molecule has 0 unspecified atom stereocenters. The zero-order chi connectivity index (χ0) is 20.7. The third-order valence-electron chi connectivity index (χ3n) is 5.30. The van der Waals surface area contributed by atoms with Crippen LogP contribution in [0.1, 0.15) is 54.1 Å². The smallest absolute Gasteiger partial charge is 0.254 e. The van der Waals surface area contributed by atoms with Gasteiger partial charge in [0.2, 0.25) is 0 Å². The Morgan fingerprint density at radius 1 is 1.34 bits per heavy atom. The molecule has 1 aliphatic rings. The number of nitrogens with two attached hydrogens (primary N) is 1. The van der Waals surface area contributed by atoms with Gasteiger partial charge in [-0.15, -0.1) is 0 Å². The molecule has 0 saturated heterocycles. The van der Waals surface area contributed by atoms with E-state index < -0.39 is 0 Å². The molecule has 0 spiro atoms. The van der Waals surface area contributed by atoms with E-state index in [1.165, 1.54) is 0 Å². The van der Waals surface area contributed by atoms with Crippen molar-refractivity contribution in [3.8, 4) is 0 Å². The van der Waals surface area contributed by atoms with Gasteiger partial charge in [0.25, 0.3) is 5.91 Å². The standard InChI is InChI=1S/C22H23ClN4O2/c1-12(2)27(10-16-6-5-15(23)9-25-16)22(28)14-4-7-19-17(8-14)18-11-29-13(3)20(18)21(24)26-19/h4-9,12-13H,10-11H2,1-3H3,(H2,24,26)/t13-/m1/s1. The molecule has 4 rings (SSSR count). The molecule has 0 aliphatic carbocycles. The van der Waals surface area contributed by atoms with E-state index in [1.54, 1.807) is 23.2 Å². The lowest BCUT2D eigenvalue weighted by Gasteiger charge is -2.27. The minimum absolute atomic E-state index is 0.00860. The summed E-state index contributed by atoms with van der Waals surface area (Å²) in [4.78, 5) is 24.0. The van der Waals surface area contributed by atoms with Crippen LogP contribution in [0.4, 0.5) is 5.82 Å². The van der Waals surface area contributed by atoms with E-state index >= 15 is 0 Å². The number of nitrogens with zero attached hydrogens (tertiary/aromatic N) is 3. The predicted molar refractivity (Wildman–Crippen MR) is 114 cm³/mol. The van der Waals surface area contributed by atoms with Gasteiger partial charge in [0.15, 0.2) is 0 Å². The molecule has 1 amide bonds. The minimum Gasteiger partial charge on any atom is -0.383 e. The summed E-state index contributed by atoms with van der Waals surface area (Å²) in [6.07, 6.45) is 1.50. The zero-order valence-corrected chi connectivity index (χ0v) is 17.4. The summed E-state index contributed by atoms with van der Waals surface area (Å²) in [6.45, 7) is 6.82. The average Bonchev–Trinajstić information content (AvgIpc) is 3.09. The Labute approximate surface area is 174 Å². The molecule has 0 fully saturated rings. The highest BCUT2D eigenvalue weighted by molar-refractivity contribution is 6.30. The van der Waals surface area contributed by atoms with Crippen LogP contribution in [0.3, 0.4) is 0 Å². The van der Waals surface area contributed by atoms with Crippen LogP contribution in [0.5, 0.6) is 0 Å². The number of rotatable bonds is 4. The molecule has 29 heavy (non-hydrogen) atoms. The first-order valence-electron chi connectivity index (χ1n) is 9.60. The van der Waals surface area contributed by atoms with Crippen molar-refractivity contribution in [1.82, 2.24) is 14.9 Å². The van der Waals surface area contributed by atoms with Crippen molar-refractivity contribution in [1.29, 1.82) is 0 Å². The number of fused-ring (bicyclic) bond motifs is 3. The van der Waals surface area contributed by atoms with E-state index in [9.17, 15) is 4.79 Å². The van der Waals surface area contributed by atoms with Crippen LogP contribution in [0.25, 0.3) is 10.9 Å². The molecule has 0 radical (unpaired) electrons. The predicted octanol–water partition coefficient (Wildman–Crippen LogP) is 4.51. The van der Waals surface area contributed by atoms with E-state index in [-0.39, 0.29) is 18.1 Å². The highest BCUT2D eigenvalue weighted by Gasteiger charge is 2.27. The monoisotopic (exact) mass is 410 g/mol. The number of anilines is 1. The number of aromatic nitrogens is 2. The van der Waals surface area contributed by atoms with Crippen molar-refractivity contribution in [2.45, 2.75) is 46.1 Å². The zero-order valence-electron chi connectivity index (χ0n) is 16.6. The third kappa shape index (κ3) is 3.66. The number of nitrogen functional groups attached to an aromatic ring is 1. The fourth-order valence-electron chi connectivity index (χ4n) is 3.73. The second-order valence-electron chi connectivity index (χ2n) is 7.57. The second kappa shape index (κ2) is 7.61. The van der Waals surface area contributed by atoms with Gasteiger partial charge in [0.1, 0.15) is 5.82 Å². The molecule has 1 atom stereocenters. The Hall–Kier alpha value is -2.70. The lowest BCUT2D eigenvalue weighted by atomic mass is 10.00. The first kappa shape index (κ1) is 19.6. The molecule has 2 N–H and O–H groups in total. The van der Waals surface area contributed by atoms with Gasteiger partial charge in [0, 0.05) is 28.8 Å². The van der Waals surface area contributed by atoms with Gasteiger partial charge in [-0.2, -0.15) is 0 Å². The summed E-state index contributed by atoms with van der Waals surface area (Å²) in [7, 11) is 0. The summed E-state index contributed by atoms with van der Waals surface area (Å²) in [5.41, 5.74) is 10.2. The summed E-state index contributed by atoms with van der Waals surface area (Å²) in [5, 5.41) is 1.49. The van der Waals surface area contributed by atoms with Gasteiger partial charge in [0.05, 0.1) is 35.5 Å². The SMILES string of the molecule is CC(C)N(Cc1ccc(Cl)cn1)C(=O)c1ccc2nc(N)c3c(c2c1)CO[C@@H]3C. The van der Waals surface area contributed by atoms with Crippen LogP contribution in [-0.2, 0) is 17.9 Å². The maximum absolute atomic E-state index is 13.3. The molecule has 2 aromatic heterocycles.